The number of esters is 1. The van der Waals surface area contributed by atoms with E-state index >= 15 is 0 Å². The maximum atomic E-state index is 10.9. The number of carboxylic acids is 1. The first-order chi connectivity index (χ1) is 13.5. The van der Waals surface area contributed by atoms with E-state index in [1.807, 2.05) is 0 Å². The second kappa shape index (κ2) is 16.5. The highest BCUT2D eigenvalue weighted by Gasteiger charge is 2.15. The summed E-state index contributed by atoms with van der Waals surface area (Å²) in [6.07, 6.45) is 11.3. The number of ether oxygens (including phenoxy) is 1. The molecule has 0 amide bonds. The lowest BCUT2D eigenvalue weighted by atomic mass is 10.1. The van der Waals surface area contributed by atoms with Crippen LogP contribution in [0.5, 0.6) is 0 Å². The Kier molecular flexibility index (Phi) is 14.9. The Morgan fingerprint density at radius 2 is 1.54 bits per heavy atom. The van der Waals surface area contributed by atoms with Crippen molar-refractivity contribution in [1.82, 2.24) is 0 Å². The van der Waals surface area contributed by atoms with Crippen LogP contribution < -0.4 is 5.90 Å². The molecule has 7 heteroatoms. The summed E-state index contributed by atoms with van der Waals surface area (Å²) in [4.78, 5) is 36.1. The van der Waals surface area contributed by atoms with Crippen molar-refractivity contribution in [2.24, 2.45) is 5.90 Å². The molecule has 0 aliphatic carbocycles. The second-order valence-corrected chi connectivity index (χ2v) is 6.10. The lowest BCUT2D eigenvalue weighted by Gasteiger charge is -2.02. The van der Waals surface area contributed by atoms with Gasteiger partial charge in [-0.1, -0.05) is 70.6 Å². The van der Waals surface area contributed by atoms with Crippen molar-refractivity contribution >= 4 is 17.9 Å². The van der Waals surface area contributed by atoms with Crippen LogP contribution in [0.2, 0.25) is 0 Å². The lowest BCUT2D eigenvalue weighted by molar-refractivity contribution is -0.137. The minimum Gasteiger partial charge on any atom is -0.478 e. The molecule has 1 aromatic rings. The molecule has 156 valence electrons. The van der Waals surface area contributed by atoms with Crippen molar-refractivity contribution in [2.75, 3.05) is 6.61 Å². The van der Waals surface area contributed by atoms with Gasteiger partial charge in [0.15, 0.2) is 0 Å². The van der Waals surface area contributed by atoms with Crippen LogP contribution in [-0.4, -0.2) is 29.6 Å². The Labute approximate surface area is 166 Å². The largest absolute Gasteiger partial charge is 0.478 e. The van der Waals surface area contributed by atoms with E-state index in [4.69, 9.17) is 9.84 Å². The van der Waals surface area contributed by atoms with Crippen LogP contribution >= 0.6 is 0 Å². The molecule has 1 aromatic carbocycles. The van der Waals surface area contributed by atoms with Crippen LogP contribution in [0.4, 0.5) is 0 Å². The molecule has 1 rings (SSSR count). The third-order valence-electron chi connectivity index (χ3n) is 3.89. The fourth-order valence-electron chi connectivity index (χ4n) is 2.38. The Balaban J connectivity index is 0.000000525. The number of benzene rings is 1. The van der Waals surface area contributed by atoms with Gasteiger partial charge in [-0.2, -0.15) is 5.90 Å². The first-order valence-corrected chi connectivity index (χ1v) is 9.50. The summed E-state index contributed by atoms with van der Waals surface area (Å²) in [6.45, 7) is 6.11. The van der Waals surface area contributed by atoms with Gasteiger partial charge in [0.05, 0.1) is 17.7 Å². The van der Waals surface area contributed by atoms with Gasteiger partial charge in [-0.15, -0.1) is 0 Å². The first kappa shape index (κ1) is 25.3. The SMILES string of the molecule is C=CC(=O)OCCCCCCCCCC.NOC(=O)c1ccccc1C(=O)O. The summed E-state index contributed by atoms with van der Waals surface area (Å²) < 4.78 is 4.88. The minimum absolute atomic E-state index is 0.0579. The van der Waals surface area contributed by atoms with Gasteiger partial charge in [0.2, 0.25) is 0 Å². The second-order valence-electron chi connectivity index (χ2n) is 6.10. The average Bonchev–Trinajstić information content (AvgIpc) is 2.72. The number of rotatable bonds is 12. The maximum Gasteiger partial charge on any atom is 0.357 e. The highest BCUT2D eigenvalue weighted by molar-refractivity contribution is 6.02. The van der Waals surface area contributed by atoms with Crippen molar-refractivity contribution in [3.8, 4) is 0 Å². The normalized spacial score (nSPS) is 9.64. The maximum absolute atomic E-state index is 10.9. The molecule has 0 saturated carbocycles. The molecule has 0 bridgehead atoms. The van der Waals surface area contributed by atoms with Crippen LogP contribution in [0.1, 0.15) is 79.0 Å². The Morgan fingerprint density at radius 1 is 1.00 bits per heavy atom. The molecule has 0 saturated heterocycles. The zero-order chi connectivity index (χ0) is 21.2. The quantitative estimate of drug-likeness (QED) is 0.236. The minimum atomic E-state index is -1.19. The summed E-state index contributed by atoms with van der Waals surface area (Å²) in [5, 5.41) is 8.66. The van der Waals surface area contributed by atoms with Gasteiger partial charge in [0.25, 0.3) is 0 Å². The van der Waals surface area contributed by atoms with E-state index in [0.29, 0.717) is 6.61 Å². The predicted molar refractivity (Wildman–Crippen MR) is 107 cm³/mol. The van der Waals surface area contributed by atoms with Gasteiger partial charge in [0.1, 0.15) is 0 Å². The van der Waals surface area contributed by atoms with E-state index in [1.165, 1.54) is 68.9 Å². The third kappa shape index (κ3) is 11.9. The third-order valence-corrected chi connectivity index (χ3v) is 3.89. The van der Waals surface area contributed by atoms with Crippen molar-refractivity contribution in [1.29, 1.82) is 0 Å². The fraction of sp³-hybridized carbons (Fsp3) is 0.476. The fourth-order valence-corrected chi connectivity index (χ4v) is 2.38. The Hall–Kier alpha value is -2.67. The Morgan fingerprint density at radius 3 is 2.04 bits per heavy atom. The zero-order valence-electron chi connectivity index (χ0n) is 16.5. The molecule has 7 nitrogen and oxygen atoms in total. The summed E-state index contributed by atoms with van der Waals surface area (Å²) in [6, 6.07) is 5.67. The molecule has 0 atom stereocenters. The standard InChI is InChI=1S/C13H24O2.C8H7NO4/c1-3-5-6-7-8-9-10-11-12-15-13(14)4-2;9-13-8(12)6-4-2-1-3-5(6)7(10)11/h4H,2-3,5-12H2,1H3;1-4H,9H2,(H,10,11). The molecule has 0 aliphatic heterocycles. The summed E-state index contributed by atoms with van der Waals surface area (Å²) >= 11 is 0. The van der Waals surface area contributed by atoms with Gasteiger partial charge in [-0.25, -0.2) is 14.4 Å². The van der Waals surface area contributed by atoms with Gasteiger partial charge < -0.3 is 14.7 Å². The van der Waals surface area contributed by atoms with Gasteiger partial charge in [-0.05, 0) is 18.6 Å². The van der Waals surface area contributed by atoms with E-state index in [0.717, 1.165) is 12.8 Å². The van der Waals surface area contributed by atoms with Gasteiger partial charge in [0, 0.05) is 6.08 Å². The molecule has 0 radical (unpaired) electrons. The molecule has 0 aliphatic rings. The monoisotopic (exact) mass is 393 g/mol. The molecular weight excluding hydrogens is 362 g/mol. The average molecular weight is 393 g/mol. The van der Waals surface area contributed by atoms with Crippen LogP contribution in [0.25, 0.3) is 0 Å². The number of carboxylic acid groups (broad SMARTS) is 1. The zero-order valence-corrected chi connectivity index (χ0v) is 16.5. The van der Waals surface area contributed by atoms with Crippen molar-refractivity contribution in [3.63, 3.8) is 0 Å². The highest BCUT2D eigenvalue weighted by Crippen LogP contribution is 2.09. The van der Waals surface area contributed by atoms with Crippen molar-refractivity contribution < 1.29 is 29.1 Å². The predicted octanol–water partition coefficient (Wildman–Crippen LogP) is 4.27. The number of aromatic carboxylic acids is 1. The van der Waals surface area contributed by atoms with E-state index in [9.17, 15) is 14.4 Å². The number of carbonyl (C=O) groups is 3. The summed E-state index contributed by atoms with van der Waals surface area (Å²) in [7, 11) is 0. The van der Waals surface area contributed by atoms with Crippen LogP contribution in [-0.2, 0) is 14.4 Å². The molecule has 3 N–H and O–H groups in total. The van der Waals surface area contributed by atoms with Crippen LogP contribution in [0, 0.1) is 0 Å². The summed E-state index contributed by atoms with van der Waals surface area (Å²) in [5.41, 5.74) is -0.185. The van der Waals surface area contributed by atoms with Crippen LogP contribution in [0.15, 0.2) is 36.9 Å². The van der Waals surface area contributed by atoms with E-state index in [2.05, 4.69) is 24.2 Å². The summed E-state index contributed by atoms with van der Waals surface area (Å²) in [5.74, 6) is 2.27. The highest BCUT2D eigenvalue weighted by atomic mass is 16.7. The molecule has 0 fully saturated rings. The molecule has 28 heavy (non-hydrogen) atoms. The lowest BCUT2D eigenvalue weighted by Crippen LogP contribution is -2.14. The van der Waals surface area contributed by atoms with E-state index < -0.39 is 11.9 Å². The first-order valence-electron chi connectivity index (χ1n) is 9.50. The number of nitrogens with two attached hydrogens (primary N) is 1. The van der Waals surface area contributed by atoms with Gasteiger partial charge >= 0.3 is 17.9 Å². The molecule has 0 spiro atoms. The van der Waals surface area contributed by atoms with Crippen molar-refractivity contribution in [3.05, 3.63) is 48.0 Å². The topological polar surface area (TPSA) is 116 Å². The number of hydrogen-bond donors (Lipinski definition) is 2. The number of unbranched alkanes of at least 4 members (excludes halogenated alkanes) is 7. The molecule has 0 heterocycles. The number of hydrogen-bond acceptors (Lipinski definition) is 6. The van der Waals surface area contributed by atoms with E-state index in [1.54, 1.807) is 0 Å². The Bertz CT molecular complexity index is 615. The van der Waals surface area contributed by atoms with Gasteiger partial charge in [-0.3, -0.25) is 0 Å². The number of carbonyl (C=O) groups excluding carboxylic acids is 2. The van der Waals surface area contributed by atoms with Crippen LogP contribution in [0.3, 0.4) is 0 Å². The van der Waals surface area contributed by atoms with E-state index in [-0.39, 0.29) is 17.1 Å². The molecule has 0 aromatic heterocycles. The van der Waals surface area contributed by atoms with Crippen molar-refractivity contribution in [2.45, 2.75) is 58.3 Å². The smallest absolute Gasteiger partial charge is 0.357 e. The molecule has 0 unspecified atom stereocenters. The molecular formula is C21H31NO6.